The Morgan fingerprint density at radius 3 is 2.60 bits per heavy atom. The molecule has 1 heterocycles. The molecule has 1 atom stereocenters. The van der Waals surface area contributed by atoms with Crippen molar-refractivity contribution in [1.82, 2.24) is 4.90 Å². The number of likely N-dealkylation sites (N-methyl/N-ethyl adjacent to an activating group) is 1. The van der Waals surface area contributed by atoms with Crippen molar-refractivity contribution in [2.75, 3.05) is 32.0 Å². The van der Waals surface area contributed by atoms with Crippen LogP contribution in [-0.2, 0) is 26.0 Å². The Labute approximate surface area is 182 Å². The van der Waals surface area contributed by atoms with Gasteiger partial charge >= 0.3 is 5.97 Å². The molecule has 1 aliphatic rings. The molecular formula is C21H25ClN2O5S. The number of rotatable bonds is 8. The van der Waals surface area contributed by atoms with Gasteiger partial charge in [-0.25, -0.2) is 8.42 Å². The second-order valence-electron chi connectivity index (χ2n) is 7.26. The van der Waals surface area contributed by atoms with Crippen LogP contribution < -0.4 is 9.46 Å². The highest BCUT2D eigenvalue weighted by atomic mass is 35.5. The van der Waals surface area contributed by atoms with Crippen molar-refractivity contribution in [3.8, 4) is 5.75 Å². The molecule has 1 aliphatic heterocycles. The highest BCUT2D eigenvalue weighted by molar-refractivity contribution is 7.92. The van der Waals surface area contributed by atoms with Gasteiger partial charge in [0, 0.05) is 25.6 Å². The summed E-state index contributed by atoms with van der Waals surface area (Å²) in [7, 11) is -0.420. The quantitative estimate of drug-likeness (QED) is 0.618. The van der Waals surface area contributed by atoms with E-state index in [9.17, 15) is 13.2 Å². The predicted molar refractivity (Wildman–Crippen MR) is 116 cm³/mol. The molecule has 162 valence electrons. The lowest BCUT2D eigenvalue weighted by Crippen LogP contribution is -2.21. The molecule has 30 heavy (non-hydrogen) atoms. The molecule has 0 radical (unpaired) electrons. The maximum absolute atomic E-state index is 12.7. The van der Waals surface area contributed by atoms with E-state index in [0.29, 0.717) is 22.9 Å². The van der Waals surface area contributed by atoms with Gasteiger partial charge in [-0.3, -0.25) is 9.52 Å². The molecule has 2 aromatic carbocycles. The Balaban J connectivity index is 1.68. The average molecular weight is 453 g/mol. The Kier molecular flexibility index (Phi) is 7.23. The fourth-order valence-electron chi connectivity index (χ4n) is 3.23. The number of methoxy groups -OCH3 is 1. The largest absolute Gasteiger partial charge is 0.487 e. The zero-order valence-electron chi connectivity index (χ0n) is 16.9. The first-order valence-corrected chi connectivity index (χ1v) is 11.5. The normalized spacial score (nSPS) is 17.0. The second kappa shape index (κ2) is 9.68. The smallest absolute Gasteiger partial charge is 0.305 e. The average Bonchev–Trinajstić information content (AvgIpc) is 3.13. The third-order valence-corrected chi connectivity index (χ3v) is 6.61. The Morgan fingerprint density at radius 1 is 1.23 bits per heavy atom. The molecule has 3 rings (SSSR count). The van der Waals surface area contributed by atoms with Gasteiger partial charge in [0.05, 0.1) is 22.7 Å². The van der Waals surface area contributed by atoms with Crippen molar-refractivity contribution in [2.24, 2.45) is 0 Å². The summed E-state index contributed by atoms with van der Waals surface area (Å²) in [5.74, 6) is 0.147. The first kappa shape index (κ1) is 22.4. The van der Waals surface area contributed by atoms with E-state index in [4.69, 9.17) is 16.3 Å². The van der Waals surface area contributed by atoms with Gasteiger partial charge in [-0.1, -0.05) is 23.7 Å². The van der Waals surface area contributed by atoms with Gasteiger partial charge in [0.1, 0.15) is 11.9 Å². The minimum absolute atomic E-state index is 0.0249. The summed E-state index contributed by atoms with van der Waals surface area (Å²) in [5.41, 5.74) is 1.22. The monoisotopic (exact) mass is 452 g/mol. The topological polar surface area (TPSA) is 84.9 Å². The molecule has 1 fully saturated rings. The first-order chi connectivity index (χ1) is 14.3. The number of nitrogens with one attached hydrogen (secondary N) is 1. The minimum Gasteiger partial charge on any atom is -0.487 e. The number of nitrogens with zero attached hydrogens (tertiary/aromatic N) is 1. The molecule has 0 spiro atoms. The lowest BCUT2D eigenvalue weighted by molar-refractivity contribution is -0.140. The van der Waals surface area contributed by atoms with E-state index >= 15 is 0 Å². The third kappa shape index (κ3) is 5.87. The van der Waals surface area contributed by atoms with Crippen molar-refractivity contribution in [3.63, 3.8) is 0 Å². The van der Waals surface area contributed by atoms with Crippen molar-refractivity contribution in [1.29, 1.82) is 0 Å². The Morgan fingerprint density at radius 2 is 1.97 bits per heavy atom. The summed E-state index contributed by atoms with van der Waals surface area (Å²) in [6, 6.07) is 11.2. The summed E-state index contributed by atoms with van der Waals surface area (Å²) in [5, 5.41) is 0.433. The molecule has 7 nitrogen and oxygen atoms in total. The first-order valence-electron chi connectivity index (χ1n) is 9.60. The number of benzene rings is 2. The molecule has 0 aromatic heterocycles. The zero-order valence-corrected chi connectivity index (χ0v) is 18.5. The standard InChI is InChI=1S/C21H25ClN2O5S/c1-24-12-11-17(14-24)29-20-13-16(6-9-19(20)22)23-30(26,27)18-7-3-15(4-8-18)5-10-21(25)28-2/h3-4,6-9,13,17,23H,5,10-12,14H2,1-2H3/t17-/m1/s1. The third-order valence-electron chi connectivity index (χ3n) is 4.90. The van der Waals surface area contributed by atoms with Crippen LogP contribution in [-0.4, -0.2) is 52.6 Å². The Bertz CT molecular complexity index is 995. The zero-order chi connectivity index (χ0) is 21.7. The highest BCUT2D eigenvalue weighted by Gasteiger charge is 2.22. The number of carbonyl (C=O) groups excluding carboxylic acids is 1. The molecule has 9 heteroatoms. The van der Waals surface area contributed by atoms with E-state index in [2.05, 4.69) is 14.4 Å². The SMILES string of the molecule is COC(=O)CCc1ccc(S(=O)(=O)Nc2ccc(Cl)c(O[C@@H]3CCN(C)C3)c2)cc1. The van der Waals surface area contributed by atoms with E-state index < -0.39 is 10.0 Å². The van der Waals surface area contributed by atoms with Gasteiger partial charge < -0.3 is 14.4 Å². The lowest BCUT2D eigenvalue weighted by atomic mass is 10.1. The molecule has 0 aliphatic carbocycles. The molecule has 0 bridgehead atoms. The number of ether oxygens (including phenoxy) is 2. The number of halogens is 1. The molecule has 1 saturated heterocycles. The number of hydrogen-bond acceptors (Lipinski definition) is 6. The molecular weight excluding hydrogens is 428 g/mol. The van der Waals surface area contributed by atoms with Gasteiger partial charge in [0.25, 0.3) is 10.0 Å². The van der Waals surface area contributed by atoms with E-state index in [1.54, 1.807) is 30.3 Å². The summed E-state index contributed by atoms with van der Waals surface area (Å²) in [6.07, 6.45) is 1.64. The summed E-state index contributed by atoms with van der Waals surface area (Å²) in [6.45, 7) is 1.75. The molecule has 2 aromatic rings. The van der Waals surface area contributed by atoms with Crippen molar-refractivity contribution < 1.29 is 22.7 Å². The number of anilines is 1. The van der Waals surface area contributed by atoms with E-state index in [0.717, 1.165) is 25.1 Å². The number of carbonyl (C=O) groups is 1. The fourth-order valence-corrected chi connectivity index (χ4v) is 4.44. The van der Waals surface area contributed by atoms with Gasteiger partial charge in [-0.05, 0) is 49.7 Å². The van der Waals surface area contributed by atoms with Crippen LogP contribution in [0.1, 0.15) is 18.4 Å². The van der Waals surface area contributed by atoms with Gasteiger partial charge in [0.2, 0.25) is 0 Å². The highest BCUT2D eigenvalue weighted by Crippen LogP contribution is 2.31. The summed E-state index contributed by atoms with van der Waals surface area (Å²) in [4.78, 5) is 13.5. The fraction of sp³-hybridized carbons (Fsp3) is 0.381. The maximum Gasteiger partial charge on any atom is 0.305 e. The lowest BCUT2D eigenvalue weighted by Gasteiger charge is -2.16. The van der Waals surface area contributed by atoms with Crippen LogP contribution in [0, 0.1) is 0 Å². The molecule has 0 amide bonds. The van der Waals surface area contributed by atoms with Crippen LogP contribution in [0.15, 0.2) is 47.4 Å². The van der Waals surface area contributed by atoms with Crippen LogP contribution in [0.2, 0.25) is 5.02 Å². The summed E-state index contributed by atoms with van der Waals surface area (Å²) >= 11 is 6.23. The van der Waals surface area contributed by atoms with E-state index in [1.807, 2.05) is 7.05 Å². The number of likely N-dealkylation sites (tertiary alicyclic amines) is 1. The Hall–Kier alpha value is -2.29. The number of aryl methyl sites for hydroxylation is 1. The molecule has 0 unspecified atom stereocenters. The molecule has 1 N–H and O–H groups in total. The van der Waals surface area contributed by atoms with Crippen LogP contribution in [0.3, 0.4) is 0 Å². The van der Waals surface area contributed by atoms with Gasteiger partial charge in [-0.2, -0.15) is 0 Å². The summed E-state index contributed by atoms with van der Waals surface area (Å²) < 4.78 is 38.6. The maximum atomic E-state index is 12.7. The molecule has 0 saturated carbocycles. The van der Waals surface area contributed by atoms with E-state index in [-0.39, 0.29) is 23.4 Å². The van der Waals surface area contributed by atoms with Gasteiger partial charge in [-0.15, -0.1) is 0 Å². The van der Waals surface area contributed by atoms with Crippen molar-refractivity contribution in [2.45, 2.75) is 30.3 Å². The van der Waals surface area contributed by atoms with Crippen molar-refractivity contribution >= 4 is 33.3 Å². The van der Waals surface area contributed by atoms with Gasteiger partial charge in [0.15, 0.2) is 0 Å². The van der Waals surface area contributed by atoms with Crippen LogP contribution in [0.4, 0.5) is 5.69 Å². The van der Waals surface area contributed by atoms with Crippen LogP contribution >= 0.6 is 11.6 Å². The minimum atomic E-state index is -3.78. The van der Waals surface area contributed by atoms with E-state index in [1.165, 1.54) is 19.2 Å². The second-order valence-corrected chi connectivity index (χ2v) is 9.35. The van der Waals surface area contributed by atoms with Crippen LogP contribution in [0.25, 0.3) is 0 Å². The van der Waals surface area contributed by atoms with Crippen LogP contribution in [0.5, 0.6) is 5.75 Å². The number of esters is 1. The number of sulfonamides is 1. The number of hydrogen-bond donors (Lipinski definition) is 1. The predicted octanol–water partition coefficient (Wildman–Crippen LogP) is 3.33. The van der Waals surface area contributed by atoms with Crippen molar-refractivity contribution in [3.05, 3.63) is 53.1 Å².